The van der Waals surface area contributed by atoms with E-state index in [-0.39, 0.29) is 17.6 Å². The first-order valence-corrected chi connectivity index (χ1v) is 11.4. The summed E-state index contributed by atoms with van der Waals surface area (Å²) in [6.45, 7) is 3.84. The van der Waals surface area contributed by atoms with Gasteiger partial charge in [-0.25, -0.2) is 18.7 Å². The van der Waals surface area contributed by atoms with Crippen LogP contribution in [0.3, 0.4) is 0 Å². The molecule has 1 aliphatic carbocycles. The van der Waals surface area contributed by atoms with Crippen molar-refractivity contribution in [3.63, 3.8) is 0 Å². The quantitative estimate of drug-likeness (QED) is 0.345. The molecule has 3 aromatic heterocycles. The second kappa shape index (κ2) is 7.58. The molecule has 0 radical (unpaired) electrons. The molecule has 7 heteroatoms. The van der Waals surface area contributed by atoms with Crippen LogP contribution in [-0.4, -0.2) is 19.5 Å². The molecule has 1 unspecified atom stereocenters. The van der Waals surface area contributed by atoms with Crippen molar-refractivity contribution in [1.82, 2.24) is 19.5 Å². The van der Waals surface area contributed by atoms with E-state index in [4.69, 9.17) is 5.73 Å². The third kappa shape index (κ3) is 3.31. The number of fused-ring (bicyclic) bond motifs is 2. The van der Waals surface area contributed by atoms with Crippen LogP contribution in [0.4, 0.5) is 14.6 Å². The van der Waals surface area contributed by atoms with Crippen molar-refractivity contribution >= 4 is 27.6 Å². The average molecular weight is 456 g/mol. The first-order chi connectivity index (χ1) is 16.4. The van der Waals surface area contributed by atoms with E-state index < -0.39 is 0 Å². The Morgan fingerprint density at radius 3 is 2.62 bits per heavy atom. The molecule has 5 nitrogen and oxygen atoms in total. The van der Waals surface area contributed by atoms with Crippen LogP contribution in [0.25, 0.3) is 32.9 Å². The fourth-order valence-corrected chi connectivity index (χ4v) is 4.77. The summed E-state index contributed by atoms with van der Waals surface area (Å²) in [4.78, 5) is 13.1. The molecule has 2 N–H and O–H groups in total. The number of rotatable bonds is 4. The molecule has 0 bridgehead atoms. The topological polar surface area (TPSA) is 69.6 Å². The smallest absolute Gasteiger partial charge is 0.146 e. The van der Waals surface area contributed by atoms with Crippen LogP contribution in [0, 0.1) is 18.6 Å². The highest BCUT2D eigenvalue weighted by molar-refractivity contribution is 6.02. The second-order valence-corrected chi connectivity index (χ2v) is 9.18. The Morgan fingerprint density at radius 1 is 1.03 bits per heavy atom. The van der Waals surface area contributed by atoms with Gasteiger partial charge in [-0.05, 0) is 54.5 Å². The van der Waals surface area contributed by atoms with Crippen LogP contribution in [0.1, 0.15) is 48.5 Å². The van der Waals surface area contributed by atoms with Crippen molar-refractivity contribution in [3.8, 4) is 11.1 Å². The number of nitrogen functional groups attached to an aromatic ring is 1. The van der Waals surface area contributed by atoms with Crippen LogP contribution < -0.4 is 5.73 Å². The summed E-state index contributed by atoms with van der Waals surface area (Å²) >= 11 is 0. The Balaban J connectivity index is 1.46. The van der Waals surface area contributed by atoms with E-state index in [1.54, 1.807) is 12.3 Å². The van der Waals surface area contributed by atoms with Gasteiger partial charge in [0, 0.05) is 46.6 Å². The summed E-state index contributed by atoms with van der Waals surface area (Å²) in [6, 6.07) is 10.9. The first-order valence-electron chi connectivity index (χ1n) is 11.4. The first kappa shape index (κ1) is 20.7. The molecular weight excluding hydrogens is 432 g/mol. The molecule has 0 aliphatic heterocycles. The number of nitrogens with two attached hydrogens (primary N) is 1. The van der Waals surface area contributed by atoms with Gasteiger partial charge in [-0.1, -0.05) is 25.1 Å². The fraction of sp³-hybridized carbons (Fsp3) is 0.222. The van der Waals surface area contributed by atoms with Gasteiger partial charge in [0.2, 0.25) is 0 Å². The lowest BCUT2D eigenvalue weighted by molar-refractivity contribution is 0.622. The molecule has 0 spiro atoms. The predicted molar refractivity (Wildman–Crippen MR) is 130 cm³/mol. The van der Waals surface area contributed by atoms with E-state index in [1.807, 2.05) is 38.2 Å². The Kier molecular flexibility index (Phi) is 4.62. The number of pyridine rings is 1. The molecule has 1 saturated carbocycles. The van der Waals surface area contributed by atoms with E-state index in [9.17, 15) is 4.39 Å². The number of benzene rings is 2. The van der Waals surface area contributed by atoms with Crippen LogP contribution in [0.5, 0.6) is 0 Å². The summed E-state index contributed by atoms with van der Waals surface area (Å²) in [7, 11) is 0. The molecule has 1 aliphatic rings. The zero-order chi connectivity index (χ0) is 23.6. The average Bonchev–Trinajstić information content (AvgIpc) is 3.58. The summed E-state index contributed by atoms with van der Waals surface area (Å²) in [5, 5.41) is 1.83. The molecule has 2 aromatic carbocycles. The third-order valence-corrected chi connectivity index (χ3v) is 6.74. The van der Waals surface area contributed by atoms with Crippen molar-refractivity contribution in [2.45, 2.75) is 38.6 Å². The Hall–Kier alpha value is -3.87. The van der Waals surface area contributed by atoms with Crippen molar-refractivity contribution in [3.05, 3.63) is 83.6 Å². The lowest BCUT2D eigenvalue weighted by atomic mass is 9.94. The van der Waals surface area contributed by atoms with E-state index in [1.165, 1.54) is 18.5 Å². The van der Waals surface area contributed by atoms with Crippen molar-refractivity contribution in [1.29, 1.82) is 0 Å². The normalized spacial score (nSPS) is 14.7. The molecule has 34 heavy (non-hydrogen) atoms. The van der Waals surface area contributed by atoms with E-state index >= 15 is 4.39 Å². The minimum absolute atomic E-state index is 0.130. The third-order valence-electron chi connectivity index (χ3n) is 6.74. The number of aromatic nitrogens is 4. The lowest BCUT2D eigenvalue weighted by Crippen LogP contribution is -2.01. The van der Waals surface area contributed by atoms with Gasteiger partial charge in [-0.3, -0.25) is 4.98 Å². The monoisotopic (exact) mass is 455 g/mol. The molecule has 1 atom stereocenters. The van der Waals surface area contributed by atoms with E-state index in [2.05, 4.69) is 19.5 Å². The number of halogens is 2. The maximum Gasteiger partial charge on any atom is 0.146 e. The van der Waals surface area contributed by atoms with Gasteiger partial charge in [0.05, 0.1) is 5.39 Å². The van der Waals surface area contributed by atoms with Gasteiger partial charge in [-0.15, -0.1) is 0 Å². The standard InChI is InChI=1S/C27H23F2N5/c1-14-7-17(9-18(28)8-14)15(2)23-10-16-3-6-20(25(29)21(16)11-31-23)22-12-34(19-4-5-19)27-24(22)26(30)32-13-33-27/h3,6-13,15,19H,4-5H2,1-2H3,(H2,30,32,33). The van der Waals surface area contributed by atoms with Crippen molar-refractivity contribution in [2.24, 2.45) is 0 Å². The zero-order valence-electron chi connectivity index (χ0n) is 18.9. The second-order valence-electron chi connectivity index (χ2n) is 9.18. The molecule has 0 amide bonds. The maximum atomic E-state index is 15.8. The minimum atomic E-state index is -0.357. The van der Waals surface area contributed by atoms with Crippen LogP contribution in [0.15, 0.2) is 55.1 Å². The summed E-state index contributed by atoms with van der Waals surface area (Å²) in [6.07, 6.45) is 7.09. The highest BCUT2D eigenvalue weighted by Crippen LogP contribution is 2.43. The number of nitrogens with zero attached hydrogens (tertiary/aromatic N) is 4. The van der Waals surface area contributed by atoms with Gasteiger partial charge in [0.25, 0.3) is 0 Å². The van der Waals surface area contributed by atoms with Crippen LogP contribution >= 0.6 is 0 Å². The number of aryl methyl sites for hydroxylation is 1. The van der Waals surface area contributed by atoms with Gasteiger partial charge in [0.1, 0.15) is 29.4 Å². The molecular formula is C27H23F2N5. The molecule has 3 heterocycles. The molecule has 0 saturated heterocycles. The Labute approximate surface area is 195 Å². The minimum Gasteiger partial charge on any atom is -0.383 e. The summed E-state index contributed by atoms with van der Waals surface area (Å²) < 4.78 is 31.8. The maximum absolute atomic E-state index is 15.8. The summed E-state index contributed by atoms with van der Waals surface area (Å²) in [5.74, 6) is -0.419. The van der Waals surface area contributed by atoms with Gasteiger partial charge < -0.3 is 10.3 Å². The molecule has 1 fully saturated rings. The van der Waals surface area contributed by atoms with Crippen LogP contribution in [0.2, 0.25) is 0 Å². The predicted octanol–water partition coefficient (Wildman–Crippen LogP) is 6.30. The van der Waals surface area contributed by atoms with E-state index in [0.29, 0.717) is 33.8 Å². The Morgan fingerprint density at radius 2 is 1.85 bits per heavy atom. The largest absolute Gasteiger partial charge is 0.383 e. The molecule has 5 aromatic rings. The highest BCUT2D eigenvalue weighted by Gasteiger charge is 2.28. The van der Waals surface area contributed by atoms with Gasteiger partial charge in [0.15, 0.2) is 0 Å². The number of anilines is 1. The van der Waals surface area contributed by atoms with Crippen molar-refractivity contribution in [2.75, 3.05) is 5.73 Å². The Bertz CT molecular complexity index is 1570. The van der Waals surface area contributed by atoms with E-state index in [0.717, 1.165) is 40.7 Å². The zero-order valence-corrected chi connectivity index (χ0v) is 18.9. The molecule has 170 valence electrons. The fourth-order valence-electron chi connectivity index (χ4n) is 4.77. The molecule has 6 rings (SSSR count). The number of hydrogen-bond acceptors (Lipinski definition) is 4. The highest BCUT2D eigenvalue weighted by atomic mass is 19.1. The van der Waals surface area contributed by atoms with Gasteiger partial charge in [-0.2, -0.15) is 0 Å². The SMILES string of the molecule is Cc1cc(F)cc(C(C)c2cc3ccc(-c4cn(C5CC5)c5ncnc(N)c45)c(F)c3cn2)c1. The van der Waals surface area contributed by atoms with Crippen molar-refractivity contribution < 1.29 is 8.78 Å². The number of hydrogen-bond donors (Lipinski definition) is 1. The van der Waals surface area contributed by atoms with Gasteiger partial charge >= 0.3 is 0 Å². The lowest BCUT2D eigenvalue weighted by Gasteiger charge is -2.14. The van der Waals surface area contributed by atoms with Crippen LogP contribution in [-0.2, 0) is 0 Å². The summed E-state index contributed by atoms with van der Waals surface area (Å²) in [5.41, 5.74) is 10.5.